The first kappa shape index (κ1) is 22.6. The molecule has 0 heterocycles. The number of carbonyl (C=O) groups is 1. The first-order valence-corrected chi connectivity index (χ1v) is 12.4. The molecule has 0 aromatic heterocycles. The maximum atomic E-state index is 12.8. The molecule has 0 aromatic rings. The molecule has 0 N–H and O–H groups in total. The summed E-state index contributed by atoms with van der Waals surface area (Å²) in [5.74, 6) is 1.29. The smallest absolute Gasteiger partial charge is 0.362 e. The van der Waals surface area contributed by atoms with Crippen molar-refractivity contribution >= 4 is 5.97 Å². The highest BCUT2D eigenvalue weighted by Gasteiger charge is 2.63. The van der Waals surface area contributed by atoms with Crippen LogP contribution in [0.25, 0.3) is 0 Å². The lowest BCUT2D eigenvalue weighted by Crippen LogP contribution is -2.48. The standard InChI is InChI=1S/C26H46NO3/c1-23(2)18-9-12-26(23,6)21(15-18)29-14-13-27(7,8)17-22(28)30-20-16-25(5)11-10-19(20)24(25,3)4/h18-21H,9-17H2,1-8H3/q+1/t18-,19+,20+,21+,25-,26-/m1/s1. The Morgan fingerprint density at radius 2 is 1.70 bits per heavy atom. The molecular formula is C26H46NO3+. The van der Waals surface area contributed by atoms with Gasteiger partial charge in [0.05, 0.1) is 26.8 Å². The van der Waals surface area contributed by atoms with E-state index in [1.165, 1.54) is 32.1 Å². The number of nitrogens with zero attached hydrogens (tertiary/aromatic N) is 1. The summed E-state index contributed by atoms with van der Waals surface area (Å²) in [6.45, 7) is 16.4. The highest BCUT2D eigenvalue weighted by Crippen LogP contribution is 2.67. The van der Waals surface area contributed by atoms with Gasteiger partial charge in [0.1, 0.15) is 12.6 Å². The van der Waals surface area contributed by atoms with Crippen LogP contribution in [0.4, 0.5) is 0 Å². The normalized spacial score (nSPS) is 43.3. The van der Waals surface area contributed by atoms with Gasteiger partial charge in [-0.05, 0) is 66.1 Å². The third-order valence-electron chi connectivity index (χ3n) is 11.2. The molecule has 0 radical (unpaired) electrons. The van der Waals surface area contributed by atoms with E-state index >= 15 is 0 Å². The predicted octanol–water partition coefficient (Wildman–Crippen LogP) is 5.05. The summed E-state index contributed by atoms with van der Waals surface area (Å²) < 4.78 is 13.1. The zero-order valence-electron chi connectivity index (χ0n) is 20.8. The van der Waals surface area contributed by atoms with E-state index < -0.39 is 0 Å². The van der Waals surface area contributed by atoms with E-state index in [9.17, 15) is 4.79 Å². The summed E-state index contributed by atoms with van der Waals surface area (Å²) in [4.78, 5) is 12.8. The van der Waals surface area contributed by atoms with E-state index in [2.05, 4.69) is 55.6 Å². The number of quaternary nitrogens is 1. The lowest BCUT2D eigenvalue weighted by molar-refractivity contribution is -0.883. The van der Waals surface area contributed by atoms with Crippen LogP contribution >= 0.6 is 0 Å². The molecule has 30 heavy (non-hydrogen) atoms. The first-order chi connectivity index (χ1) is 13.7. The van der Waals surface area contributed by atoms with Crippen LogP contribution in [0.3, 0.4) is 0 Å². The fourth-order valence-corrected chi connectivity index (χ4v) is 7.79. The molecule has 0 aliphatic heterocycles. The van der Waals surface area contributed by atoms with Crippen molar-refractivity contribution in [2.75, 3.05) is 33.8 Å². The summed E-state index contributed by atoms with van der Waals surface area (Å²) in [7, 11) is 4.26. The summed E-state index contributed by atoms with van der Waals surface area (Å²) in [6, 6.07) is 0. The average Bonchev–Trinajstić information content (AvgIpc) is 3.11. The molecule has 0 spiro atoms. The zero-order valence-corrected chi connectivity index (χ0v) is 20.8. The van der Waals surface area contributed by atoms with Gasteiger partial charge in [-0.15, -0.1) is 0 Å². The Labute approximate surface area is 184 Å². The number of rotatable bonds is 7. The van der Waals surface area contributed by atoms with Gasteiger partial charge in [-0.3, -0.25) is 0 Å². The summed E-state index contributed by atoms with van der Waals surface area (Å²) in [5.41, 5.74) is 1.29. The molecule has 4 fully saturated rings. The molecule has 4 saturated carbocycles. The Balaban J connectivity index is 1.25. The quantitative estimate of drug-likeness (QED) is 0.427. The van der Waals surface area contributed by atoms with Crippen molar-refractivity contribution in [3.05, 3.63) is 0 Å². The average molecular weight is 421 g/mol. The van der Waals surface area contributed by atoms with Crippen molar-refractivity contribution in [1.82, 2.24) is 0 Å². The molecule has 4 nitrogen and oxygen atoms in total. The van der Waals surface area contributed by atoms with Crippen LogP contribution in [0.2, 0.25) is 0 Å². The van der Waals surface area contributed by atoms with Crippen molar-refractivity contribution in [1.29, 1.82) is 0 Å². The second kappa shape index (κ2) is 6.94. The van der Waals surface area contributed by atoms with E-state index in [-0.39, 0.29) is 17.5 Å². The number of hydrogen-bond donors (Lipinski definition) is 0. The Kier molecular flexibility index (Phi) is 5.22. The van der Waals surface area contributed by atoms with Crippen LogP contribution in [-0.2, 0) is 14.3 Å². The van der Waals surface area contributed by atoms with E-state index in [0.29, 0.717) is 39.3 Å². The first-order valence-electron chi connectivity index (χ1n) is 12.4. The fraction of sp³-hybridized carbons (Fsp3) is 0.962. The third kappa shape index (κ3) is 3.27. The van der Waals surface area contributed by atoms with Gasteiger partial charge in [0.2, 0.25) is 0 Å². The highest BCUT2D eigenvalue weighted by atomic mass is 16.5. The zero-order chi connectivity index (χ0) is 22.2. The molecule has 4 aliphatic carbocycles. The van der Waals surface area contributed by atoms with Gasteiger partial charge in [0, 0.05) is 5.92 Å². The number of ether oxygens (including phenoxy) is 2. The molecular weight excluding hydrogens is 374 g/mol. The van der Waals surface area contributed by atoms with Gasteiger partial charge in [0.25, 0.3) is 0 Å². The maximum Gasteiger partial charge on any atom is 0.362 e. The van der Waals surface area contributed by atoms with Gasteiger partial charge in [0.15, 0.2) is 6.54 Å². The van der Waals surface area contributed by atoms with Crippen LogP contribution in [-0.4, -0.2) is 56.5 Å². The largest absolute Gasteiger partial charge is 0.458 e. The SMILES string of the molecule is CC1(C)[C@H]2CC[C@]1(C)C[C@@H]2OC(=O)C[N+](C)(C)CCO[C@H]1C[C@H]2CC[C@@]1(C)C2(C)C. The van der Waals surface area contributed by atoms with Gasteiger partial charge in [-0.1, -0.05) is 41.5 Å². The second-order valence-electron chi connectivity index (χ2n) is 13.4. The molecule has 0 amide bonds. The monoisotopic (exact) mass is 420 g/mol. The molecule has 172 valence electrons. The molecule has 4 bridgehead atoms. The van der Waals surface area contributed by atoms with E-state index in [4.69, 9.17) is 9.47 Å². The minimum atomic E-state index is -0.0371. The minimum absolute atomic E-state index is 0.0371. The lowest BCUT2D eigenvalue weighted by Gasteiger charge is -2.39. The number of fused-ring (bicyclic) bond motifs is 4. The topological polar surface area (TPSA) is 35.5 Å². The molecule has 4 heteroatoms. The van der Waals surface area contributed by atoms with Gasteiger partial charge in [-0.2, -0.15) is 0 Å². The molecule has 0 aromatic carbocycles. The number of esters is 1. The van der Waals surface area contributed by atoms with Crippen molar-refractivity contribution in [3.8, 4) is 0 Å². The Hall–Kier alpha value is -0.610. The van der Waals surface area contributed by atoms with Crippen LogP contribution < -0.4 is 0 Å². The van der Waals surface area contributed by atoms with Crippen LogP contribution in [0.15, 0.2) is 0 Å². The fourth-order valence-electron chi connectivity index (χ4n) is 7.79. The Bertz CT molecular complexity index is 696. The molecule has 0 saturated heterocycles. The molecule has 6 atom stereocenters. The van der Waals surface area contributed by atoms with Crippen molar-refractivity contribution in [2.45, 2.75) is 92.3 Å². The van der Waals surface area contributed by atoms with Crippen molar-refractivity contribution in [3.63, 3.8) is 0 Å². The summed E-state index contributed by atoms with van der Waals surface area (Å²) >= 11 is 0. The number of likely N-dealkylation sites (N-methyl/N-ethyl adjacent to an activating group) is 1. The number of carbonyl (C=O) groups excluding carboxylic acids is 1. The highest BCUT2D eigenvalue weighted by molar-refractivity contribution is 5.71. The van der Waals surface area contributed by atoms with E-state index in [1.54, 1.807) is 0 Å². The van der Waals surface area contributed by atoms with Gasteiger partial charge < -0.3 is 14.0 Å². The van der Waals surface area contributed by atoms with Gasteiger partial charge in [-0.25, -0.2) is 4.79 Å². The predicted molar refractivity (Wildman–Crippen MR) is 120 cm³/mol. The van der Waals surface area contributed by atoms with Crippen molar-refractivity contribution in [2.24, 2.45) is 33.5 Å². The lowest BCUT2D eigenvalue weighted by atomic mass is 9.70. The Morgan fingerprint density at radius 3 is 2.20 bits per heavy atom. The Morgan fingerprint density at radius 1 is 1.00 bits per heavy atom. The van der Waals surface area contributed by atoms with Crippen LogP contribution in [0, 0.1) is 33.5 Å². The van der Waals surface area contributed by atoms with Crippen molar-refractivity contribution < 1.29 is 18.8 Å². The molecule has 0 unspecified atom stereocenters. The maximum absolute atomic E-state index is 12.8. The molecule has 4 aliphatic rings. The molecule has 4 rings (SSSR count). The third-order valence-corrected chi connectivity index (χ3v) is 11.2. The minimum Gasteiger partial charge on any atom is -0.458 e. The van der Waals surface area contributed by atoms with E-state index in [1.807, 2.05) is 0 Å². The van der Waals surface area contributed by atoms with E-state index in [0.717, 1.165) is 25.5 Å². The van der Waals surface area contributed by atoms with Gasteiger partial charge >= 0.3 is 5.97 Å². The second-order valence-corrected chi connectivity index (χ2v) is 13.4. The van der Waals surface area contributed by atoms with Crippen LogP contribution in [0.1, 0.15) is 80.1 Å². The van der Waals surface area contributed by atoms with Crippen LogP contribution in [0.5, 0.6) is 0 Å². The summed E-state index contributed by atoms with van der Waals surface area (Å²) in [5, 5.41) is 0. The summed E-state index contributed by atoms with van der Waals surface area (Å²) in [6.07, 6.45) is 7.84. The number of hydrogen-bond acceptors (Lipinski definition) is 3.